The van der Waals surface area contributed by atoms with Gasteiger partial charge in [-0.15, -0.1) is 0 Å². The fraction of sp³-hybridized carbons (Fsp3) is 0. The van der Waals surface area contributed by atoms with Crippen LogP contribution in [0.4, 0.5) is 0 Å². The Morgan fingerprint density at radius 1 is 1.33 bits per heavy atom. The van der Waals surface area contributed by atoms with Crippen molar-refractivity contribution in [2.45, 2.75) is 0 Å². The van der Waals surface area contributed by atoms with Gasteiger partial charge >= 0.3 is 51.7 Å². The molecule has 1 heterocycles. The van der Waals surface area contributed by atoms with Crippen LogP contribution in [-0.2, 0) is 15.6 Å². The molecule has 34 valence electrons. The van der Waals surface area contributed by atoms with Gasteiger partial charge in [-0.1, -0.05) is 0 Å². The normalized spacial score (nSPS) is 8.83. The van der Waals surface area contributed by atoms with E-state index in [4.69, 9.17) is 0 Å². The van der Waals surface area contributed by atoms with Crippen molar-refractivity contribution in [2.24, 2.45) is 0 Å². The number of rotatable bonds is 0. The zero-order valence-electron chi connectivity index (χ0n) is 2.82. The van der Waals surface area contributed by atoms with Gasteiger partial charge in [0.15, 0.2) is 0 Å². The molecule has 0 aliphatic heterocycles. The Balaban J connectivity index is 3.41. The molecule has 3 heteroatoms. The van der Waals surface area contributed by atoms with Gasteiger partial charge in [-0.3, -0.25) is 0 Å². The third-order valence-corrected chi connectivity index (χ3v) is 2.81. The topological polar surface area (TPSA) is 0 Å². The van der Waals surface area contributed by atoms with Crippen molar-refractivity contribution >= 4 is 22.7 Å². The fourth-order valence-corrected chi connectivity index (χ4v) is 1.85. The summed E-state index contributed by atoms with van der Waals surface area (Å²) in [6.45, 7) is 0. The molecule has 0 fully saturated rings. The molecular formula is C3H2FeS2. The van der Waals surface area contributed by atoms with Crippen molar-refractivity contribution < 1.29 is 15.6 Å². The first-order valence-corrected chi connectivity index (χ1v) is 3.70. The first-order valence-electron chi connectivity index (χ1n) is 1.39. The van der Waals surface area contributed by atoms with Crippen LogP contribution in [0.1, 0.15) is 0 Å². The molecule has 0 bridgehead atoms. The predicted molar refractivity (Wildman–Crippen MR) is 25.4 cm³/mol. The summed E-state index contributed by atoms with van der Waals surface area (Å²) in [5.41, 5.74) is 0. The zero-order valence-corrected chi connectivity index (χ0v) is 5.56. The van der Waals surface area contributed by atoms with E-state index in [1.165, 1.54) is 2.69 Å². The van der Waals surface area contributed by atoms with Crippen LogP contribution in [0.3, 0.4) is 0 Å². The van der Waals surface area contributed by atoms with Crippen LogP contribution in [0.2, 0.25) is 0 Å². The van der Waals surface area contributed by atoms with Gasteiger partial charge in [0.25, 0.3) is 0 Å². The standard InChI is InChI=1S/C3H2S2.Fe/c1-2-5-3-4-1;/h1-2H;. The van der Waals surface area contributed by atoms with Gasteiger partial charge in [0.1, 0.15) is 0 Å². The molecular weight excluding hydrogens is 156 g/mol. The van der Waals surface area contributed by atoms with Gasteiger partial charge in [-0.05, 0) is 0 Å². The van der Waals surface area contributed by atoms with Gasteiger partial charge in [0.05, 0.1) is 0 Å². The first kappa shape index (κ1) is 4.72. The second-order valence-electron chi connectivity index (χ2n) is 0.736. The third kappa shape index (κ3) is 1.02. The third-order valence-electron chi connectivity index (χ3n) is 0.371. The Morgan fingerprint density at radius 3 is 2.00 bits per heavy atom. The maximum atomic E-state index is 3.72. The minimum atomic E-state index is 1.18. The zero-order chi connectivity index (χ0) is 4.41. The van der Waals surface area contributed by atoms with E-state index in [-0.39, 0.29) is 0 Å². The van der Waals surface area contributed by atoms with Crippen molar-refractivity contribution in [1.29, 1.82) is 0 Å². The molecule has 1 aromatic heterocycles. The summed E-state index contributed by atoms with van der Waals surface area (Å²) in [6, 6.07) is 0. The summed E-state index contributed by atoms with van der Waals surface area (Å²) >= 11 is 7.09. The van der Waals surface area contributed by atoms with Crippen molar-refractivity contribution in [1.82, 2.24) is 0 Å². The average molecular weight is 158 g/mol. The molecule has 0 aliphatic carbocycles. The minimum absolute atomic E-state index is 1.18. The molecule has 6 heavy (non-hydrogen) atoms. The van der Waals surface area contributed by atoms with Crippen LogP contribution in [0.15, 0.2) is 10.8 Å². The van der Waals surface area contributed by atoms with Gasteiger partial charge < -0.3 is 0 Å². The summed E-state index contributed by atoms with van der Waals surface area (Å²) in [6.07, 6.45) is 0. The van der Waals surface area contributed by atoms with Crippen LogP contribution in [0.25, 0.3) is 0 Å². The Kier molecular flexibility index (Phi) is 1.60. The van der Waals surface area contributed by atoms with Gasteiger partial charge in [-0.25, -0.2) is 0 Å². The van der Waals surface area contributed by atoms with E-state index >= 15 is 0 Å². The summed E-state index contributed by atoms with van der Waals surface area (Å²) in [4.78, 5) is 0. The Bertz CT molecular complexity index is 147. The molecule has 0 aliphatic rings. The summed E-state index contributed by atoms with van der Waals surface area (Å²) < 4.78 is 1.18. The Morgan fingerprint density at radius 2 is 1.83 bits per heavy atom. The van der Waals surface area contributed by atoms with Crippen molar-refractivity contribution in [3.63, 3.8) is 0 Å². The SMILES string of the molecule is [Fe]=[c]1sccs1. The maximum absolute atomic E-state index is 3.72. The van der Waals surface area contributed by atoms with Crippen LogP contribution >= 0.6 is 22.7 Å². The van der Waals surface area contributed by atoms with E-state index in [9.17, 15) is 0 Å². The number of hydrogen-bond acceptors (Lipinski definition) is 2. The van der Waals surface area contributed by atoms with E-state index in [0.29, 0.717) is 0 Å². The van der Waals surface area contributed by atoms with Gasteiger partial charge in [0.2, 0.25) is 0 Å². The van der Waals surface area contributed by atoms with Crippen LogP contribution in [0, 0.1) is 2.69 Å². The van der Waals surface area contributed by atoms with Crippen LogP contribution < -0.4 is 0 Å². The quantitative estimate of drug-likeness (QED) is 0.505. The molecule has 0 saturated heterocycles. The Labute approximate surface area is 51.8 Å². The molecule has 0 N–H and O–H groups in total. The summed E-state index contributed by atoms with van der Waals surface area (Å²) in [5.74, 6) is 0. The Hall–Kier alpha value is 0.569. The van der Waals surface area contributed by atoms with Crippen LogP contribution in [0.5, 0.6) is 0 Å². The van der Waals surface area contributed by atoms with Gasteiger partial charge in [-0.2, -0.15) is 0 Å². The fourth-order valence-electron chi connectivity index (χ4n) is 0.187. The van der Waals surface area contributed by atoms with E-state index in [0.717, 1.165) is 0 Å². The molecule has 0 aromatic carbocycles. The second-order valence-corrected chi connectivity index (χ2v) is 4.06. The van der Waals surface area contributed by atoms with E-state index < -0.39 is 0 Å². The van der Waals surface area contributed by atoms with E-state index in [1.807, 2.05) is 10.8 Å². The molecule has 0 saturated carbocycles. The molecule has 0 radical (unpaired) electrons. The molecule has 1 aromatic rings. The summed E-state index contributed by atoms with van der Waals surface area (Å²) in [7, 11) is 0. The van der Waals surface area contributed by atoms with Crippen molar-refractivity contribution in [3.8, 4) is 0 Å². The van der Waals surface area contributed by atoms with Crippen molar-refractivity contribution in [2.75, 3.05) is 0 Å². The van der Waals surface area contributed by atoms with Crippen LogP contribution in [-0.4, -0.2) is 0 Å². The molecule has 1 rings (SSSR count). The average Bonchev–Trinajstić information content (AvgIpc) is 1.86. The molecule has 0 spiro atoms. The van der Waals surface area contributed by atoms with E-state index in [1.54, 1.807) is 22.7 Å². The monoisotopic (exact) mass is 158 g/mol. The number of hydrogen-bond donors (Lipinski definition) is 0. The van der Waals surface area contributed by atoms with Crippen molar-refractivity contribution in [3.05, 3.63) is 13.5 Å². The first-order chi connectivity index (χ1) is 2.89. The van der Waals surface area contributed by atoms with Gasteiger partial charge in [0, 0.05) is 0 Å². The molecule has 0 nitrogen and oxygen atoms in total. The molecule has 0 unspecified atom stereocenters. The second kappa shape index (κ2) is 2.03. The molecule has 0 atom stereocenters. The summed E-state index contributed by atoms with van der Waals surface area (Å²) in [5, 5.41) is 4.07. The molecule has 0 amide bonds. The van der Waals surface area contributed by atoms with E-state index in [2.05, 4.69) is 15.6 Å². The predicted octanol–water partition coefficient (Wildman–Crippen LogP) is 1.89.